The van der Waals surface area contributed by atoms with Gasteiger partial charge in [-0.3, -0.25) is 0 Å². The van der Waals surface area contributed by atoms with E-state index in [9.17, 15) is 0 Å². The van der Waals surface area contributed by atoms with Crippen molar-refractivity contribution in [3.05, 3.63) is 168 Å². The van der Waals surface area contributed by atoms with Crippen molar-refractivity contribution in [3.63, 3.8) is 0 Å². The summed E-state index contributed by atoms with van der Waals surface area (Å²) in [4.78, 5) is 0. The highest BCUT2D eigenvalue weighted by atomic mass is 16.3. The van der Waals surface area contributed by atoms with Crippen LogP contribution in [0, 0.1) is 0 Å². The second-order valence-electron chi connectivity index (χ2n) is 16.4. The van der Waals surface area contributed by atoms with Gasteiger partial charge in [-0.15, -0.1) is 0 Å². The molecule has 0 bridgehead atoms. The number of benzene rings is 9. The molecule has 0 atom stereocenters. The molecule has 0 aliphatic heterocycles. The van der Waals surface area contributed by atoms with Crippen LogP contribution < -0.4 is 0 Å². The normalized spacial score (nSPS) is 15.1. The van der Waals surface area contributed by atoms with E-state index in [1.807, 2.05) is 6.07 Å². The average Bonchev–Trinajstić information content (AvgIpc) is 3.76. The number of hydrogen-bond acceptors (Lipinski definition) is 1. The van der Waals surface area contributed by atoms with Crippen molar-refractivity contribution in [2.24, 2.45) is 0 Å². The molecule has 0 saturated carbocycles. The average molecular weight is 677 g/mol. The Kier molecular flexibility index (Phi) is 5.45. The van der Waals surface area contributed by atoms with Crippen molar-refractivity contribution in [3.8, 4) is 44.5 Å². The molecule has 0 unspecified atom stereocenters. The largest absolute Gasteiger partial charge is 0.456 e. The smallest absolute Gasteiger partial charge is 0.136 e. The second kappa shape index (κ2) is 9.82. The molecule has 12 rings (SSSR count). The van der Waals surface area contributed by atoms with Crippen LogP contribution in [0.1, 0.15) is 49.9 Å². The Labute approximate surface area is 308 Å². The zero-order valence-corrected chi connectivity index (χ0v) is 30.3. The summed E-state index contributed by atoms with van der Waals surface area (Å²) in [6.07, 6.45) is 0. The van der Waals surface area contributed by atoms with Crippen molar-refractivity contribution >= 4 is 54.3 Å². The number of hydrogen-bond donors (Lipinski definition) is 0. The molecule has 0 N–H and O–H groups in total. The molecule has 2 aliphatic rings. The molecular weight excluding hydrogens is 641 g/mol. The lowest BCUT2D eigenvalue weighted by molar-refractivity contribution is 0.652. The molecule has 1 nitrogen and oxygen atoms in total. The molecule has 0 spiro atoms. The van der Waals surface area contributed by atoms with Gasteiger partial charge in [-0.2, -0.15) is 0 Å². The Hall–Kier alpha value is -6.18. The number of furan rings is 1. The van der Waals surface area contributed by atoms with Gasteiger partial charge >= 0.3 is 0 Å². The second-order valence-corrected chi connectivity index (χ2v) is 16.4. The van der Waals surface area contributed by atoms with Crippen molar-refractivity contribution in [1.29, 1.82) is 0 Å². The van der Waals surface area contributed by atoms with E-state index in [-0.39, 0.29) is 10.8 Å². The first-order valence-electron chi connectivity index (χ1n) is 18.8. The van der Waals surface area contributed by atoms with E-state index in [0.717, 1.165) is 16.6 Å². The molecule has 0 amide bonds. The van der Waals surface area contributed by atoms with E-state index in [1.165, 1.54) is 104 Å². The maximum atomic E-state index is 6.31. The molecule has 10 aromatic rings. The fraction of sp³-hybridized carbons (Fsp3) is 0.115. The van der Waals surface area contributed by atoms with Crippen LogP contribution in [-0.4, -0.2) is 0 Å². The summed E-state index contributed by atoms with van der Waals surface area (Å²) in [5.41, 5.74) is 18.0. The third-order valence-corrected chi connectivity index (χ3v) is 13.0. The van der Waals surface area contributed by atoms with Gasteiger partial charge in [0.1, 0.15) is 11.2 Å². The van der Waals surface area contributed by atoms with E-state index in [1.54, 1.807) is 0 Å². The molecule has 1 heteroatoms. The molecule has 0 radical (unpaired) electrons. The maximum absolute atomic E-state index is 6.31. The van der Waals surface area contributed by atoms with Crippen molar-refractivity contribution in [1.82, 2.24) is 0 Å². The standard InChI is InChI=1S/C52H36O/c1-51(2)42-13-7-5-10-34(42)40-27-45-41(28-44(40)51)35-23-20-31(26-43(35)52(45,3)4)32-21-16-29-19-25-38-33(22-17-30-18-24-37(32)48(29)49(30)38)36-12-9-15-47-50(36)39-11-6-8-14-46(39)53-47/h5-28H,1-4H3. The van der Waals surface area contributed by atoms with Crippen molar-refractivity contribution in [2.45, 2.75) is 38.5 Å². The highest BCUT2D eigenvalue weighted by Crippen LogP contribution is 2.56. The number of fused-ring (bicyclic) bond motifs is 9. The first-order chi connectivity index (χ1) is 25.8. The SMILES string of the molecule is CC1(C)c2ccccc2-c2cc3c(cc21)-c1ccc(-c2ccc4ccc5c(-c6cccc7oc8ccccc8c67)ccc6ccc2c4c65)cc1C3(C)C. The third-order valence-electron chi connectivity index (χ3n) is 13.0. The zero-order chi connectivity index (χ0) is 35.4. The van der Waals surface area contributed by atoms with Gasteiger partial charge in [0.05, 0.1) is 0 Å². The fourth-order valence-electron chi connectivity index (χ4n) is 10.4. The molecular formula is C52H36O. The van der Waals surface area contributed by atoms with E-state index in [2.05, 4.69) is 167 Å². The van der Waals surface area contributed by atoms with Crippen LogP contribution in [0.5, 0.6) is 0 Å². The summed E-state index contributed by atoms with van der Waals surface area (Å²) < 4.78 is 6.31. The van der Waals surface area contributed by atoms with Crippen molar-refractivity contribution < 1.29 is 4.42 Å². The maximum Gasteiger partial charge on any atom is 0.136 e. The van der Waals surface area contributed by atoms with Crippen LogP contribution in [0.15, 0.2) is 150 Å². The quantitative estimate of drug-likeness (QED) is 0.166. The minimum atomic E-state index is -0.117. The number of para-hydroxylation sites is 1. The van der Waals surface area contributed by atoms with Gasteiger partial charge < -0.3 is 4.42 Å². The van der Waals surface area contributed by atoms with E-state index < -0.39 is 0 Å². The molecule has 53 heavy (non-hydrogen) atoms. The van der Waals surface area contributed by atoms with Crippen LogP contribution in [0.25, 0.3) is 98.8 Å². The van der Waals surface area contributed by atoms with Crippen LogP contribution >= 0.6 is 0 Å². The van der Waals surface area contributed by atoms with E-state index >= 15 is 0 Å². The Morgan fingerprint density at radius 1 is 0.340 bits per heavy atom. The van der Waals surface area contributed by atoms with Crippen molar-refractivity contribution in [2.75, 3.05) is 0 Å². The van der Waals surface area contributed by atoms with Gasteiger partial charge in [0.25, 0.3) is 0 Å². The Morgan fingerprint density at radius 2 is 0.887 bits per heavy atom. The predicted molar refractivity (Wildman–Crippen MR) is 223 cm³/mol. The Bertz CT molecular complexity index is 3220. The van der Waals surface area contributed by atoms with Crippen LogP contribution in [0.4, 0.5) is 0 Å². The zero-order valence-electron chi connectivity index (χ0n) is 30.3. The van der Waals surface area contributed by atoms with Gasteiger partial charge in [0.2, 0.25) is 0 Å². The lowest BCUT2D eigenvalue weighted by Gasteiger charge is -2.24. The first-order valence-corrected chi connectivity index (χ1v) is 18.8. The molecule has 2 aliphatic carbocycles. The lowest BCUT2D eigenvalue weighted by Crippen LogP contribution is -2.17. The monoisotopic (exact) mass is 676 g/mol. The summed E-state index contributed by atoms with van der Waals surface area (Å²) in [6.45, 7) is 9.58. The fourth-order valence-corrected chi connectivity index (χ4v) is 10.4. The van der Waals surface area contributed by atoms with E-state index in [4.69, 9.17) is 4.42 Å². The highest BCUT2D eigenvalue weighted by molar-refractivity contribution is 6.28. The Balaban J connectivity index is 1.05. The minimum Gasteiger partial charge on any atom is -0.456 e. The summed E-state index contributed by atoms with van der Waals surface area (Å²) in [5, 5.41) is 10.1. The predicted octanol–water partition coefficient (Wildman–Crippen LogP) is 14.4. The molecule has 1 aromatic heterocycles. The molecule has 0 saturated heterocycles. The molecule has 1 heterocycles. The summed E-state index contributed by atoms with van der Waals surface area (Å²) in [5.74, 6) is 0. The van der Waals surface area contributed by atoms with Crippen LogP contribution in [-0.2, 0) is 10.8 Å². The topological polar surface area (TPSA) is 13.1 Å². The Morgan fingerprint density at radius 3 is 1.66 bits per heavy atom. The summed E-state index contributed by atoms with van der Waals surface area (Å²) >= 11 is 0. The van der Waals surface area contributed by atoms with Gasteiger partial charge in [-0.1, -0.05) is 143 Å². The minimum absolute atomic E-state index is 0.0196. The van der Waals surface area contributed by atoms with E-state index in [0.29, 0.717) is 0 Å². The summed E-state index contributed by atoms with van der Waals surface area (Å²) in [7, 11) is 0. The molecule has 0 fully saturated rings. The van der Waals surface area contributed by atoms with Crippen LogP contribution in [0.2, 0.25) is 0 Å². The van der Waals surface area contributed by atoms with Gasteiger partial charge in [0.15, 0.2) is 0 Å². The highest BCUT2D eigenvalue weighted by Gasteiger charge is 2.41. The third kappa shape index (κ3) is 3.67. The van der Waals surface area contributed by atoms with Gasteiger partial charge in [-0.05, 0) is 129 Å². The van der Waals surface area contributed by atoms with Crippen LogP contribution in [0.3, 0.4) is 0 Å². The molecule has 250 valence electrons. The van der Waals surface area contributed by atoms with Gasteiger partial charge in [-0.25, -0.2) is 0 Å². The van der Waals surface area contributed by atoms with Gasteiger partial charge in [0, 0.05) is 21.6 Å². The first kappa shape index (κ1) is 29.4. The molecule has 9 aromatic carbocycles. The summed E-state index contributed by atoms with van der Waals surface area (Å²) in [6, 6.07) is 54.7. The number of rotatable bonds is 2. The lowest BCUT2D eigenvalue weighted by atomic mass is 9.79.